The van der Waals surface area contributed by atoms with Crippen LogP contribution in [0.15, 0.2) is 97.1 Å². The van der Waals surface area contributed by atoms with Crippen LogP contribution < -0.4 is 16.0 Å². The zero-order chi connectivity index (χ0) is 23.7. The van der Waals surface area contributed by atoms with Crippen molar-refractivity contribution in [1.29, 1.82) is 0 Å². The second-order valence-corrected chi connectivity index (χ2v) is 8.25. The van der Waals surface area contributed by atoms with E-state index in [0.29, 0.717) is 28.2 Å². The van der Waals surface area contributed by atoms with Crippen LogP contribution in [0.5, 0.6) is 5.75 Å². The third-order valence-corrected chi connectivity index (χ3v) is 6.15. The zero-order valence-corrected chi connectivity index (χ0v) is 18.5. The van der Waals surface area contributed by atoms with Gasteiger partial charge in [-0.05, 0) is 42.3 Å². The number of urea groups is 1. The first-order chi connectivity index (χ1) is 16.5. The van der Waals surface area contributed by atoms with Gasteiger partial charge in [0.1, 0.15) is 11.2 Å². The number of rotatable bonds is 4. The normalized spacial score (nSPS) is 16.4. The second kappa shape index (κ2) is 8.41. The highest BCUT2D eigenvalue weighted by Gasteiger charge is 2.51. The van der Waals surface area contributed by atoms with E-state index in [1.807, 2.05) is 72.8 Å². The number of carbonyl (C=O) groups excluding carboxylic acids is 2. The lowest BCUT2D eigenvalue weighted by Crippen LogP contribution is -2.38. The second-order valence-electron chi connectivity index (χ2n) is 8.25. The van der Waals surface area contributed by atoms with Gasteiger partial charge in [0, 0.05) is 28.6 Å². The molecule has 4 aromatic rings. The summed E-state index contributed by atoms with van der Waals surface area (Å²) >= 11 is 0. The van der Waals surface area contributed by atoms with Crippen LogP contribution in [0.25, 0.3) is 0 Å². The summed E-state index contributed by atoms with van der Waals surface area (Å²) < 4.78 is 0. The number of phenolic OH excluding ortho intramolecular Hbond substituents is 1. The Kier molecular flexibility index (Phi) is 5.26. The minimum absolute atomic E-state index is 0.0219. The first-order valence-electron chi connectivity index (χ1n) is 10.9. The summed E-state index contributed by atoms with van der Waals surface area (Å²) in [6.45, 7) is 1.77. The number of aromatic hydroxyl groups is 1. The van der Waals surface area contributed by atoms with Crippen molar-refractivity contribution in [2.24, 2.45) is 0 Å². The number of hydrogen-bond acceptors (Lipinski definition) is 3. The molecule has 1 aliphatic rings. The topological polar surface area (TPSA) is 90.5 Å². The molecule has 3 amide bonds. The van der Waals surface area contributed by atoms with Gasteiger partial charge in [-0.2, -0.15) is 0 Å². The third-order valence-electron chi connectivity index (χ3n) is 6.15. The predicted molar refractivity (Wildman–Crippen MR) is 133 cm³/mol. The van der Waals surface area contributed by atoms with Crippen molar-refractivity contribution < 1.29 is 14.7 Å². The molecule has 1 atom stereocenters. The molecular formula is C28H23N3O3. The molecule has 1 unspecified atom stereocenters. The highest BCUT2D eigenvalue weighted by atomic mass is 16.3. The van der Waals surface area contributed by atoms with Crippen molar-refractivity contribution in [2.45, 2.75) is 12.3 Å². The molecule has 4 aromatic carbocycles. The maximum atomic E-state index is 13.8. The molecule has 0 spiro atoms. The van der Waals surface area contributed by atoms with Gasteiger partial charge in [-0.1, -0.05) is 66.7 Å². The van der Waals surface area contributed by atoms with E-state index < -0.39 is 11.4 Å². The van der Waals surface area contributed by atoms with Crippen molar-refractivity contribution in [2.75, 3.05) is 16.0 Å². The summed E-state index contributed by atoms with van der Waals surface area (Å²) in [7, 11) is 0. The lowest BCUT2D eigenvalue weighted by molar-refractivity contribution is -0.118. The average Bonchev–Trinajstić information content (AvgIpc) is 3.14. The van der Waals surface area contributed by atoms with Gasteiger partial charge in [-0.15, -0.1) is 0 Å². The molecule has 0 bridgehead atoms. The lowest BCUT2D eigenvalue weighted by atomic mass is 9.69. The van der Waals surface area contributed by atoms with Gasteiger partial charge in [-0.25, -0.2) is 4.79 Å². The third kappa shape index (κ3) is 3.46. The summed E-state index contributed by atoms with van der Waals surface area (Å²) in [4.78, 5) is 26.7. The number of nitrogens with one attached hydrogen (secondary N) is 3. The number of phenols is 1. The Balaban J connectivity index is 1.70. The van der Waals surface area contributed by atoms with Gasteiger partial charge in [0.05, 0.1) is 5.69 Å². The molecule has 0 aliphatic carbocycles. The Morgan fingerprint density at radius 1 is 0.824 bits per heavy atom. The van der Waals surface area contributed by atoms with E-state index in [-0.39, 0.29) is 11.7 Å². The number of amides is 3. The Labute approximate surface area is 197 Å². The van der Waals surface area contributed by atoms with Crippen LogP contribution in [0.2, 0.25) is 0 Å². The van der Waals surface area contributed by atoms with Gasteiger partial charge < -0.3 is 21.1 Å². The minimum atomic E-state index is -1.22. The molecule has 1 aliphatic heterocycles. The van der Waals surface area contributed by atoms with Crippen molar-refractivity contribution in [3.63, 3.8) is 0 Å². The fourth-order valence-corrected chi connectivity index (χ4v) is 4.57. The summed E-state index contributed by atoms with van der Waals surface area (Å²) in [6.07, 6.45) is 0. The standard InChI is InChI=1S/C28H23N3O3/c1-18-16-22(24(17-25(18)32)31-27(34)29-20-12-6-3-7-13-20)28(19-10-4-2-5-11-19)21-14-8-9-15-23(21)30-26(28)33/h2-17,32H,1H3,(H,30,33)(H2,29,31,34). The molecule has 5 rings (SSSR count). The molecular weight excluding hydrogens is 426 g/mol. The van der Waals surface area contributed by atoms with Crippen LogP contribution in [0.1, 0.15) is 22.3 Å². The largest absolute Gasteiger partial charge is 0.508 e. The molecule has 0 fully saturated rings. The predicted octanol–water partition coefficient (Wildman–Crippen LogP) is 5.63. The summed E-state index contributed by atoms with van der Waals surface area (Å²) in [6, 6.07) is 28.8. The van der Waals surface area contributed by atoms with Crippen LogP contribution in [-0.4, -0.2) is 17.0 Å². The molecule has 168 valence electrons. The summed E-state index contributed by atoms with van der Waals surface area (Å²) in [5, 5.41) is 19.2. The highest BCUT2D eigenvalue weighted by Crippen LogP contribution is 2.50. The van der Waals surface area contributed by atoms with Crippen LogP contribution >= 0.6 is 0 Å². The van der Waals surface area contributed by atoms with E-state index in [4.69, 9.17) is 0 Å². The van der Waals surface area contributed by atoms with E-state index >= 15 is 0 Å². The quantitative estimate of drug-likeness (QED) is 0.325. The molecule has 0 saturated heterocycles. The maximum absolute atomic E-state index is 13.8. The Hall–Kier alpha value is -4.58. The van der Waals surface area contributed by atoms with Crippen molar-refractivity contribution >= 4 is 29.0 Å². The fraction of sp³-hybridized carbons (Fsp3) is 0.0714. The first kappa shape index (κ1) is 21.3. The van der Waals surface area contributed by atoms with Crippen LogP contribution in [0.4, 0.5) is 21.9 Å². The average molecular weight is 450 g/mol. The molecule has 34 heavy (non-hydrogen) atoms. The SMILES string of the molecule is Cc1cc(C2(c3ccccc3)C(=O)Nc3ccccc32)c(NC(=O)Nc2ccccc2)cc1O. The first-order valence-corrected chi connectivity index (χ1v) is 10.9. The molecule has 0 radical (unpaired) electrons. The van der Waals surface area contributed by atoms with E-state index in [1.165, 1.54) is 6.07 Å². The number of anilines is 3. The summed E-state index contributed by atoms with van der Waals surface area (Å²) in [5.74, 6) is -0.204. The monoisotopic (exact) mass is 449 g/mol. The number of fused-ring (bicyclic) bond motifs is 1. The molecule has 0 saturated carbocycles. The number of benzene rings is 4. The molecule has 0 aromatic heterocycles. The number of hydrogen-bond donors (Lipinski definition) is 4. The van der Waals surface area contributed by atoms with Gasteiger partial charge in [0.15, 0.2) is 0 Å². The van der Waals surface area contributed by atoms with Gasteiger partial charge in [0.25, 0.3) is 0 Å². The number of carbonyl (C=O) groups is 2. The van der Waals surface area contributed by atoms with Crippen LogP contribution in [0, 0.1) is 6.92 Å². The van der Waals surface area contributed by atoms with Crippen LogP contribution in [0.3, 0.4) is 0 Å². The number of aryl methyl sites for hydroxylation is 1. The zero-order valence-electron chi connectivity index (χ0n) is 18.5. The molecule has 4 N–H and O–H groups in total. The minimum Gasteiger partial charge on any atom is -0.508 e. The fourth-order valence-electron chi connectivity index (χ4n) is 4.57. The molecule has 6 heteroatoms. The lowest BCUT2D eigenvalue weighted by Gasteiger charge is -2.31. The van der Waals surface area contributed by atoms with Crippen molar-refractivity contribution in [1.82, 2.24) is 0 Å². The number of para-hydroxylation sites is 2. The van der Waals surface area contributed by atoms with Crippen LogP contribution in [-0.2, 0) is 10.2 Å². The van der Waals surface area contributed by atoms with E-state index in [2.05, 4.69) is 16.0 Å². The van der Waals surface area contributed by atoms with Crippen molar-refractivity contribution in [3.05, 3.63) is 119 Å². The Morgan fingerprint density at radius 2 is 1.47 bits per heavy atom. The van der Waals surface area contributed by atoms with Gasteiger partial charge in [-0.3, -0.25) is 4.79 Å². The van der Waals surface area contributed by atoms with Gasteiger partial charge in [0.2, 0.25) is 5.91 Å². The van der Waals surface area contributed by atoms with E-state index in [9.17, 15) is 14.7 Å². The Bertz CT molecular complexity index is 1390. The Morgan fingerprint density at radius 3 is 2.21 bits per heavy atom. The molecule has 1 heterocycles. The highest BCUT2D eigenvalue weighted by molar-refractivity contribution is 6.13. The van der Waals surface area contributed by atoms with Gasteiger partial charge >= 0.3 is 6.03 Å². The smallest absolute Gasteiger partial charge is 0.323 e. The van der Waals surface area contributed by atoms with E-state index in [1.54, 1.807) is 25.1 Å². The maximum Gasteiger partial charge on any atom is 0.323 e. The van der Waals surface area contributed by atoms with E-state index in [0.717, 1.165) is 11.1 Å². The van der Waals surface area contributed by atoms with Crippen molar-refractivity contribution in [3.8, 4) is 5.75 Å². The summed E-state index contributed by atoms with van der Waals surface area (Å²) in [5.41, 5.74) is 3.16. The molecule has 6 nitrogen and oxygen atoms in total.